The van der Waals surface area contributed by atoms with Crippen molar-refractivity contribution < 1.29 is 27.9 Å². The molecule has 0 aliphatic heterocycles. The molecule has 0 saturated heterocycles. The molecule has 3 aromatic rings. The van der Waals surface area contributed by atoms with Crippen molar-refractivity contribution in [3.8, 4) is 0 Å². The highest BCUT2D eigenvalue weighted by atomic mass is 19.4. The van der Waals surface area contributed by atoms with Crippen LogP contribution in [0.2, 0.25) is 0 Å². The average Bonchev–Trinajstić information content (AvgIpc) is 2.90. The molecular formula is C31H32F3NO3. The van der Waals surface area contributed by atoms with Crippen LogP contribution in [0.4, 0.5) is 13.2 Å². The molecule has 1 atom stereocenters. The van der Waals surface area contributed by atoms with Gasteiger partial charge in [0.05, 0.1) is 5.56 Å². The fourth-order valence-electron chi connectivity index (χ4n) is 4.14. The number of amides is 1. The zero-order chi connectivity index (χ0) is 27.5. The quantitative estimate of drug-likeness (QED) is 0.202. The number of nitrogens with zero attached hydrogens (tertiary/aromatic N) is 1. The maximum Gasteiger partial charge on any atom is 0.416 e. The molecule has 3 aromatic carbocycles. The van der Waals surface area contributed by atoms with E-state index in [1.165, 1.54) is 34.7 Å². The van der Waals surface area contributed by atoms with Crippen molar-refractivity contribution in [2.75, 3.05) is 0 Å². The number of carboxylic acid groups (broad SMARTS) is 1. The molecule has 1 N–H and O–H groups in total. The van der Waals surface area contributed by atoms with E-state index in [2.05, 4.69) is 6.92 Å². The first kappa shape index (κ1) is 28.7. The zero-order valence-corrected chi connectivity index (χ0v) is 21.3. The Balaban J connectivity index is 1.84. The van der Waals surface area contributed by atoms with E-state index in [9.17, 15) is 27.9 Å². The summed E-state index contributed by atoms with van der Waals surface area (Å²) in [6, 6.07) is 20.2. The summed E-state index contributed by atoms with van der Waals surface area (Å²) in [5.41, 5.74) is 2.36. The Kier molecular flexibility index (Phi) is 10.3. The molecule has 4 nitrogen and oxygen atoms in total. The number of alkyl halides is 3. The third-order valence-electron chi connectivity index (χ3n) is 6.32. The molecule has 0 saturated carbocycles. The molecule has 1 amide bonds. The maximum absolute atomic E-state index is 13.3. The number of carbonyl (C=O) groups excluding carboxylic acids is 1. The first-order valence-corrected chi connectivity index (χ1v) is 12.7. The zero-order valence-electron chi connectivity index (χ0n) is 21.3. The van der Waals surface area contributed by atoms with Crippen molar-refractivity contribution in [3.05, 3.63) is 113 Å². The molecule has 0 unspecified atom stereocenters. The SMILES string of the molecule is CCCCCc1ccc(CN(C(=O)/C=C/c2ccc(C(F)(F)F)cc2)[C@@H](Cc2ccccc2)C(=O)O)cc1. The largest absolute Gasteiger partial charge is 0.480 e. The van der Waals surface area contributed by atoms with Crippen LogP contribution in [0.15, 0.2) is 84.9 Å². The lowest BCUT2D eigenvalue weighted by Crippen LogP contribution is -2.45. The standard InChI is InChI=1S/C31H32F3NO3/c1-2-3-5-8-23-11-13-26(14-12-23)22-35(28(30(37)38)21-25-9-6-4-7-10-25)29(36)20-17-24-15-18-27(19-16-24)31(32,33)34/h4,6-7,9-20,28H,2-3,5,8,21-22H2,1H3,(H,37,38)/b20-17+/t28-/m0/s1. The van der Waals surface area contributed by atoms with Gasteiger partial charge < -0.3 is 10.0 Å². The number of hydrogen-bond donors (Lipinski definition) is 1. The highest BCUT2D eigenvalue weighted by molar-refractivity contribution is 5.94. The highest BCUT2D eigenvalue weighted by Crippen LogP contribution is 2.29. The molecule has 0 spiro atoms. The van der Waals surface area contributed by atoms with Gasteiger partial charge >= 0.3 is 12.1 Å². The van der Waals surface area contributed by atoms with E-state index in [4.69, 9.17) is 0 Å². The van der Waals surface area contributed by atoms with Crippen molar-refractivity contribution in [3.63, 3.8) is 0 Å². The lowest BCUT2D eigenvalue weighted by Gasteiger charge is -2.28. The van der Waals surface area contributed by atoms with Gasteiger partial charge in [-0.15, -0.1) is 0 Å². The van der Waals surface area contributed by atoms with Crippen LogP contribution in [-0.2, 0) is 35.2 Å². The number of hydrogen-bond acceptors (Lipinski definition) is 2. The van der Waals surface area contributed by atoms with Crippen LogP contribution in [-0.4, -0.2) is 27.9 Å². The van der Waals surface area contributed by atoms with E-state index in [0.717, 1.165) is 48.9 Å². The molecular weight excluding hydrogens is 491 g/mol. The maximum atomic E-state index is 13.3. The predicted octanol–water partition coefficient (Wildman–Crippen LogP) is 7.18. The van der Waals surface area contributed by atoms with Crippen molar-refractivity contribution in [2.45, 2.75) is 57.8 Å². The van der Waals surface area contributed by atoms with E-state index in [-0.39, 0.29) is 13.0 Å². The first-order valence-electron chi connectivity index (χ1n) is 12.7. The van der Waals surface area contributed by atoms with Gasteiger partial charge in [-0.2, -0.15) is 13.2 Å². The van der Waals surface area contributed by atoms with E-state index < -0.39 is 29.7 Å². The Labute approximate surface area is 221 Å². The first-order chi connectivity index (χ1) is 18.2. The Morgan fingerprint density at radius 2 is 1.50 bits per heavy atom. The molecule has 0 aromatic heterocycles. The Morgan fingerprint density at radius 3 is 2.08 bits per heavy atom. The number of unbranched alkanes of at least 4 members (excludes halogenated alkanes) is 2. The summed E-state index contributed by atoms with van der Waals surface area (Å²) >= 11 is 0. The van der Waals surface area contributed by atoms with Crippen molar-refractivity contribution >= 4 is 18.0 Å². The summed E-state index contributed by atoms with van der Waals surface area (Å²) in [5, 5.41) is 10.1. The molecule has 0 aliphatic rings. The molecule has 200 valence electrons. The Morgan fingerprint density at radius 1 is 0.868 bits per heavy atom. The Bertz CT molecular complexity index is 1200. The lowest BCUT2D eigenvalue weighted by molar-refractivity contribution is -0.148. The van der Waals surface area contributed by atoms with Crippen LogP contribution in [0.1, 0.15) is 54.0 Å². The van der Waals surface area contributed by atoms with Gasteiger partial charge in [0.1, 0.15) is 6.04 Å². The normalized spacial score (nSPS) is 12.4. The minimum Gasteiger partial charge on any atom is -0.480 e. The second-order valence-corrected chi connectivity index (χ2v) is 9.24. The van der Waals surface area contributed by atoms with Gasteiger partial charge in [-0.25, -0.2) is 4.79 Å². The molecule has 38 heavy (non-hydrogen) atoms. The second-order valence-electron chi connectivity index (χ2n) is 9.24. The average molecular weight is 524 g/mol. The number of rotatable bonds is 12. The fourth-order valence-corrected chi connectivity index (χ4v) is 4.14. The topological polar surface area (TPSA) is 57.6 Å². The summed E-state index contributed by atoms with van der Waals surface area (Å²) < 4.78 is 38.6. The summed E-state index contributed by atoms with van der Waals surface area (Å²) in [7, 11) is 0. The van der Waals surface area contributed by atoms with Crippen LogP contribution >= 0.6 is 0 Å². The van der Waals surface area contributed by atoms with Gasteiger partial charge in [0.25, 0.3) is 0 Å². The number of benzene rings is 3. The molecule has 3 rings (SSSR count). The van der Waals surface area contributed by atoms with Gasteiger partial charge in [0.15, 0.2) is 0 Å². The lowest BCUT2D eigenvalue weighted by atomic mass is 10.0. The smallest absolute Gasteiger partial charge is 0.416 e. The molecule has 0 bridgehead atoms. The third-order valence-corrected chi connectivity index (χ3v) is 6.32. The van der Waals surface area contributed by atoms with Gasteiger partial charge in [-0.3, -0.25) is 4.79 Å². The van der Waals surface area contributed by atoms with E-state index in [1.54, 1.807) is 0 Å². The summed E-state index contributed by atoms with van der Waals surface area (Å²) in [6.07, 6.45) is 2.60. The van der Waals surface area contributed by atoms with E-state index >= 15 is 0 Å². The van der Waals surface area contributed by atoms with Crippen LogP contribution in [0, 0.1) is 0 Å². The van der Waals surface area contributed by atoms with E-state index in [0.29, 0.717) is 5.56 Å². The highest BCUT2D eigenvalue weighted by Gasteiger charge is 2.30. The monoisotopic (exact) mass is 523 g/mol. The summed E-state index contributed by atoms with van der Waals surface area (Å²) in [4.78, 5) is 26.9. The minimum absolute atomic E-state index is 0.0786. The van der Waals surface area contributed by atoms with E-state index in [1.807, 2.05) is 54.6 Å². The molecule has 0 radical (unpaired) electrons. The summed E-state index contributed by atoms with van der Waals surface area (Å²) in [5.74, 6) is -1.68. The van der Waals surface area contributed by atoms with Crippen LogP contribution < -0.4 is 0 Å². The number of carboxylic acids is 1. The second kappa shape index (κ2) is 13.6. The molecule has 7 heteroatoms. The van der Waals surface area contributed by atoms with Gasteiger partial charge in [-0.05, 0) is 53.3 Å². The number of aliphatic carboxylic acids is 1. The van der Waals surface area contributed by atoms with Crippen molar-refractivity contribution in [1.29, 1.82) is 0 Å². The molecule has 0 fully saturated rings. The molecule has 0 heterocycles. The van der Waals surface area contributed by atoms with Crippen LogP contribution in [0.5, 0.6) is 0 Å². The number of halogens is 3. The van der Waals surface area contributed by atoms with Gasteiger partial charge in [-0.1, -0.05) is 86.5 Å². The number of aryl methyl sites for hydroxylation is 1. The fraction of sp³-hybridized carbons (Fsp3) is 0.290. The summed E-state index contributed by atoms with van der Waals surface area (Å²) in [6.45, 7) is 2.23. The third kappa shape index (κ3) is 8.61. The Hall–Kier alpha value is -3.87. The van der Waals surface area contributed by atoms with Crippen molar-refractivity contribution in [2.24, 2.45) is 0 Å². The predicted molar refractivity (Wildman–Crippen MR) is 142 cm³/mol. The van der Waals surface area contributed by atoms with Gasteiger partial charge in [0.2, 0.25) is 5.91 Å². The van der Waals surface area contributed by atoms with Crippen molar-refractivity contribution in [1.82, 2.24) is 4.90 Å². The number of carbonyl (C=O) groups is 2. The minimum atomic E-state index is -4.45. The van der Waals surface area contributed by atoms with Crippen LogP contribution in [0.3, 0.4) is 0 Å². The van der Waals surface area contributed by atoms with Crippen LogP contribution in [0.25, 0.3) is 6.08 Å². The molecule has 0 aliphatic carbocycles. The van der Waals surface area contributed by atoms with Gasteiger partial charge in [0, 0.05) is 19.0 Å².